The maximum atomic E-state index is 12.3. The molecular weight excluding hydrogens is 308 g/mol. The van der Waals surface area contributed by atoms with Gasteiger partial charge in [0.2, 0.25) is 0 Å². The van der Waals surface area contributed by atoms with Gasteiger partial charge in [-0.3, -0.25) is 15.0 Å². The number of rotatable bonds is 6. The number of nitrogens with one attached hydrogen (secondary N) is 3. The zero-order chi connectivity index (χ0) is 17.1. The summed E-state index contributed by atoms with van der Waals surface area (Å²) in [5, 5.41) is 16.8. The van der Waals surface area contributed by atoms with Crippen molar-refractivity contribution in [3.63, 3.8) is 0 Å². The highest BCUT2D eigenvalue weighted by Crippen LogP contribution is 2.19. The van der Waals surface area contributed by atoms with Crippen LogP contribution >= 0.6 is 0 Å². The molecule has 3 aromatic heterocycles. The highest BCUT2D eigenvalue weighted by molar-refractivity contribution is 5.93. The Morgan fingerprint density at radius 3 is 2.88 bits per heavy atom. The first-order chi connectivity index (χ1) is 11.6. The average molecular weight is 328 g/mol. The van der Waals surface area contributed by atoms with E-state index in [0.29, 0.717) is 17.3 Å². The van der Waals surface area contributed by atoms with Crippen LogP contribution in [0.5, 0.6) is 0 Å². The zero-order valence-electron chi connectivity index (χ0n) is 13.8. The van der Waals surface area contributed by atoms with Gasteiger partial charge in [-0.2, -0.15) is 10.2 Å². The largest absolute Gasteiger partial charge is 0.463 e. The Balaban J connectivity index is 1.67. The summed E-state index contributed by atoms with van der Waals surface area (Å²) < 4.78 is 5.27. The molecule has 8 nitrogen and oxygen atoms in total. The third kappa shape index (κ3) is 3.22. The number of hydrogen-bond donors (Lipinski definition) is 3. The molecule has 0 spiro atoms. The van der Waals surface area contributed by atoms with E-state index in [2.05, 4.69) is 44.5 Å². The van der Waals surface area contributed by atoms with Gasteiger partial charge in [0.1, 0.15) is 11.5 Å². The maximum absolute atomic E-state index is 12.3. The van der Waals surface area contributed by atoms with E-state index < -0.39 is 0 Å². The van der Waals surface area contributed by atoms with Crippen LogP contribution in [0.3, 0.4) is 0 Å². The number of H-pyrrole nitrogens is 2. The third-order valence-corrected chi connectivity index (χ3v) is 3.93. The van der Waals surface area contributed by atoms with Crippen LogP contribution in [0, 0.1) is 0 Å². The van der Waals surface area contributed by atoms with Crippen molar-refractivity contribution in [2.24, 2.45) is 0 Å². The van der Waals surface area contributed by atoms with Crippen LogP contribution < -0.4 is 5.32 Å². The third-order valence-electron chi connectivity index (χ3n) is 3.93. The van der Waals surface area contributed by atoms with Crippen LogP contribution in [0.25, 0.3) is 11.5 Å². The summed E-state index contributed by atoms with van der Waals surface area (Å²) in [5.74, 6) is 2.00. The Hall–Kier alpha value is -2.90. The Labute approximate surface area is 139 Å². The molecule has 0 unspecified atom stereocenters. The van der Waals surface area contributed by atoms with Gasteiger partial charge < -0.3 is 9.73 Å². The molecule has 0 aromatic carbocycles. The lowest BCUT2D eigenvalue weighted by Crippen LogP contribution is -2.27. The van der Waals surface area contributed by atoms with Crippen molar-refractivity contribution in [2.45, 2.75) is 39.2 Å². The van der Waals surface area contributed by atoms with E-state index in [1.54, 1.807) is 24.5 Å². The lowest BCUT2D eigenvalue weighted by molar-refractivity contribution is 0.0933. The molecule has 0 saturated heterocycles. The lowest BCUT2D eigenvalue weighted by atomic mass is 10.1. The summed E-state index contributed by atoms with van der Waals surface area (Å²) in [6, 6.07) is 4.91. The topological polar surface area (TPSA) is 112 Å². The van der Waals surface area contributed by atoms with E-state index in [1.165, 1.54) is 0 Å². The van der Waals surface area contributed by atoms with Gasteiger partial charge in [-0.15, -0.1) is 0 Å². The standard InChI is InChI=1S/C16H20N6O2/c1-4-9(2)14-18-15(22-21-14)10(3)17-16(23)12-8-11(19-20-12)13-6-5-7-24-13/h5-10H,4H2,1-3H3,(H,17,23)(H,19,20)(H,18,21,22)/t9-,10+/m1/s1. The Morgan fingerprint density at radius 2 is 2.17 bits per heavy atom. The SMILES string of the molecule is CC[C@@H](C)c1n[nH]c([C@H](C)NC(=O)c2cc(-c3ccco3)[nH]n2)n1. The van der Waals surface area contributed by atoms with Gasteiger partial charge in [-0.25, -0.2) is 4.98 Å². The molecule has 0 bridgehead atoms. The van der Waals surface area contributed by atoms with Gasteiger partial charge in [0.15, 0.2) is 17.3 Å². The van der Waals surface area contributed by atoms with Gasteiger partial charge in [-0.05, 0) is 25.5 Å². The minimum atomic E-state index is -0.299. The molecule has 0 aliphatic rings. The van der Waals surface area contributed by atoms with Crippen LogP contribution in [-0.2, 0) is 0 Å². The Kier molecular flexibility index (Phi) is 4.45. The normalized spacial score (nSPS) is 13.6. The van der Waals surface area contributed by atoms with Gasteiger partial charge in [0.25, 0.3) is 5.91 Å². The number of carbonyl (C=O) groups excluding carboxylic acids is 1. The number of carbonyl (C=O) groups is 1. The minimum Gasteiger partial charge on any atom is -0.463 e. The maximum Gasteiger partial charge on any atom is 0.272 e. The molecule has 0 radical (unpaired) electrons. The first-order valence-electron chi connectivity index (χ1n) is 7.90. The van der Waals surface area contributed by atoms with E-state index in [9.17, 15) is 4.79 Å². The number of amides is 1. The van der Waals surface area contributed by atoms with Gasteiger partial charge in [-0.1, -0.05) is 13.8 Å². The molecule has 0 aliphatic heterocycles. The van der Waals surface area contributed by atoms with Crippen molar-refractivity contribution in [2.75, 3.05) is 0 Å². The minimum absolute atomic E-state index is 0.278. The number of furan rings is 1. The lowest BCUT2D eigenvalue weighted by Gasteiger charge is -2.09. The zero-order valence-corrected chi connectivity index (χ0v) is 13.8. The summed E-state index contributed by atoms with van der Waals surface area (Å²) in [6.07, 6.45) is 2.53. The fourth-order valence-electron chi connectivity index (χ4n) is 2.22. The predicted molar refractivity (Wildman–Crippen MR) is 87.3 cm³/mol. The smallest absolute Gasteiger partial charge is 0.272 e. The summed E-state index contributed by atoms with van der Waals surface area (Å²) >= 11 is 0. The number of hydrogen-bond acceptors (Lipinski definition) is 5. The number of aromatic nitrogens is 5. The van der Waals surface area contributed by atoms with Crippen LogP contribution in [0.2, 0.25) is 0 Å². The second-order valence-corrected chi connectivity index (χ2v) is 5.73. The summed E-state index contributed by atoms with van der Waals surface area (Å²) in [6.45, 7) is 6.00. The molecule has 3 N–H and O–H groups in total. The molecular formula is C16H20N6O2. The van der Waals surface area contributed by atoms with Crippen molar-refractivity contribution < 1.29 is 9.21 Å². The average Bonchev–Trinajstić information content (AvgIpc) is 3.34. The van der Waals surface area contributed by atoms with Crippen molar-refractivity contribution in [1.29, 1.82) is 0 Å². The molecule has 8 heteroatoms. The van der Waals surface area contributed by atoms with Crippen LogP contribution in [0.15, 0.2) is 28.9 Å². The molecule has 0 fully saturated rings. The second-order valence-electron chi connectivity index (χ2n) is 5.73. The van der Waals surface area contributed by atoms with E-state index >= 15 is 0 Å². The van der Waals surface area contributed by atoms with Gasteiger partial charge in [0.05, 0.1) is 12.3 Å². The molecule has 3 rings (SSSR count). The number of aromatic amines is 2. The molecule has 3 heterocycles. The molecule has 24 heavy (non-hydrogen) atoms. The van der Waals surface area contributed by atoms with Gasteiger partial charge in [0, 0.05) is 12.0 Å². The summed E-state index contributed by atoms with van der Waals surface area (Å²) in [7, 11) is 0. The van der Waals surface area contributed by atoms with E-state index in [1.807, 2.05) is 6.92 Å². The number of nitrogens with zero attached hydrogens (tertiary/aromatic N) is 3. The fourth-order valence-corrected chi connectivity index (χ4v) is 2.22. The quantitative estimate of drug-likeness (QED) is 0.644. The summed E-state index contributed by atoms with van der Waals surface area (Å²) in [5.41, 5.74) is 0.937. The predicted octanol–water partition coefficient (Wildman–Crippen LogP) is 2.79. The Morgan fingerprint density at radius 1 is 1.33 bits per heavy atom. The second kappa shape index (κ2) is 6.69. The first kappa shape index (κ1) is 16.0. The van der Waals surface area contributed by atoms with Crippen molar-refractivity contribution in [3.05, 3.63) is 41.8 Å². The highest BCUT2D eigenvalue weighted by Gasteiger charge is 2.19. The van der Waals surface area contributed by atoms with Crippen molar-refractivity contribution in [3.8, 4) is 11.5 Å². The molecule has 0 saturated carbocycles. The summed E-state index contributed by atoms with van der Waals surface area (Å²) in [4.78, 5) is 16.8. The molecule has 3 aromatic rings. The monoisotopic (exact) mass is 328 g/mol. The van der Waals surface area contributed by atoms with E-state index in [-0.39, 0.29) is 23.6 Å². The van der Waals surface area contributed by atoms with Gasteiger partial charge >= 0.3 is 0 Å². The fraction of sp³-hybridized carbons (Fsp3) is 0.375. The van der Waals surface area contributed by atoms with E-state index in [0.717, 1.165) is 12.2 Å². The molecule has 2 atom stereocenters. The van der Waals surface area contributed by atoms with Crippen LogP contribution in [0.1, 0.15) is 61.3 Å². The van der Waals surface area contributed by atoms with E-state index in [4.69, 9.17) is 4.42 Å². The molecule has 126 valence electrons. The van der Waals surface area contributed by atoms with Crippen molar-refractivity contribution in [1.82, 2.24) is 30.7 Å². The van der Waals surface area contributed by atoms with Crippen molar-refractivity contribution >= 4 is 5.91 Å². The van der Waals surface area contributed by atoms with Crippen LogP contribution in [-0.4, -0.2) is 31.3 Å². The van der Waals surface area contributed by atoms with Crippen LogP contribution in [0.4, 0.5) is 0 Å². The molecule has 0 aliphatic carbocycles. The molecule has 1 amide bonds. The highest BCUT2D eigenvalue weighted by atomic mass is 16.3. The first-order valence-corrected chi connectivity index (χ1v) is 7.90. The Bertz CT molecular complexity index is 804.